The van der Waals surface area contributed by atoms with Gasteiger partial charge in [0.15, 0.2) is 12.8 Å². The molecule has 2 aromatic heterocycles. The second kappa shape index (κ2) is 7.31. The number of rotatable bonds is 6. The summed E-state index contributed by atoms with van der Waals surface area (Å²) in [5.74, 6) is -0.273. The van der Waals surface area contributed by atoms with Crippen LogP contribution in [0.25, 0.3) is 0 Å². The number of oxazole rings is 2. The molecule has 0 aromatic carbocycles. The number of hydrogen-bond donors (Lipinski definition) is 0. The van der Waals surface area contributed by atoms with Gasteiger partial charge in [0, 0.05) is 19.0 Å². The van der Waals surface area contributed by atoms with Crippen molar-refractivity contribution < 1.29 is 18.4 Å². The normalized spacial score (nSPS) is 20.8. The maximum Gasteiger partial charge on any atom is 0.228 e. The van der Waals surface area contributed by atoms with Gasteiger partial charge in [-0.2, -0.15) is 0 Å². The number of hydrogen-bond acceptors (Lipinski definition) is 6. The van der Waals surface area contributed by atoms with E-state index in [-0.39, 0.29) is 24.2 Å². The number of likely N-dealkylation sites (tertiary alicyclic amines) is 1. The van der Waals surface area contributed by atoms with Crippen molar-refractivity contribution in [2.24, 2.45) is 5.92 Å². The molecule has 1 saturated heterocycles. The summed E-state index contributed by atoms with van der Waals surface area (Å²) in [6.45, 7) is 1.14. The first-order valence-electron chi connectivity index (χ1n) is 9.03. The van der Waals surface area contributed by atoms with Crippen molar-refractivity contribution in [2.45, 2.75) is 51.2 Å². The van der Waals surface area contributed by atoms with Gasteiger partial charge in [0.2, 0.25) is 11.8 Å². The highest BCUT2D eigenvalue weighted by Crippen LogP contribution is 2.30. The van der Waals surface area contributed by atoms with Gasteiger partial charge in [0.1, 0.15) is 12.5 Å². The van der Waals surface area contributed by atoms with E-state index in [2.05, 4.69) is 9.97 Å². The predicted octanol–water partition coefficient (Wildman–Crippen LogP) is 1.98. The third-order valence-corrected chi connectivity index (χ3v) is 5.26. The van der Waals surface area contributed by atoms with Crippen molar-refractivity contribution in [3.63, 3.8) is 0 Å². The number of amides is 2. The molecule has 0 radical (unpaired) electrons. The SMILES string of the molecule is O=C([C@@H]1CC(=O)N(C2CCCC2)C1)N(Cc1cocn1)Cc1cocn1. The minimum Gasteiger partial charge on any atom is -0.451 e. The minimum absolute atomic E-state index is 0.0511. The Morgan fingerprint density at radius 2 is 1.73 bits per heavy atom. The van der Waals surface area contributed by atoms with Crippen LogP contribution in [0.2, 0.25) is 0 Å². The molecule has 1 aliphatic carbocycles. The maximum atomic E-state index is 13.1. The molecule has 2 amide bonds. The van der Waals surface area contributed by atoms with E-state index in [1.807, 2.05) is 4.90 Å². The Kier molecular flexibility index (Phi) is 4.73. The largest absolute Gasteiger partial charge is 0.451 e. The van der Waals surface area contributed by atoms with Crippen molar-refractivity contribution in [3.8, 4) is 0 Å². The summed E-state index contributed by atoms with van der Waals surface area (Å²) in [5.41, 5.74) is 1.33. The molecule has 0 unspecified atom stereocenters. The zero-order valence-electron chi connectivity index (χ0n) is 14.5. The molecule has 3 heterocycles. The van der Waals surface area contributed by atoms with Crippen LogP contribution in [0.3, 0.4) is 0 Å². The average Bonchev–Trinajstić information content (AvgIpc) is 3.41. The van der Waals surface area contributed by atoms with Crippen LogP contribution < -0.4 is 0 Å². The molecule has 2 aromatic rings. The topological polar surface area (TPSA) is 92.7 Å². The molecule has 4 rings (SSSR count). The Labute approximate surface area is 151 Å². The highest BCUT2D eigenvalue weighted by atomic mass is 16.3. The number of carbonyl (C=O) groups excluding carboxylic acids is 2. The van der Waals surface area contributed by atoms with E-state index < -0.39 is 0 Å². The van der Waals surface area contributed by atoms with Crippen LogP contribution in [-0.4, -0.2) is 44.2 Å². The third kappa shape index (κ3) is 3.49. The lowest BCUT2D eigenvalue weighted by molar-refractivity contribution is -0.137. The molecular weight excluding hydrogens is 336 g/mol. The number of aromatic nitrogens is 2. The summed E-state index contributed by atoms with van der Waals surface area (Å²) in [4.78, 5) is 37.4. The van der Waals surface area contributed by atoms with E-state index in [0.717, 1.165) is 25.7 Å². The van der Waals surface area contributed by atoms with E-state index in [1.165, 1.54) is 25.3 Å². The molecule has 2 aliphatic rings. The lowest BCUT2D eigenvalue weighted by Crippen LogP contribution is -2.38. The van der Waals surface area contributed by atoms with Crippen LogP contribution in [0.15, 0.2) is 34.1 Å². The van der Waals surface area contributed by atoms with Gasteiger partial charge >= 0.3 is 0 Å². The fraction of sp³-hybridized carbons (Fsp3) is 0.556. The fourth-order valence-electron chi connectivity index (χ4n) is 3.96. The quantitative estimate of drug-likeness (QED) is 0.784. The van der Waals surface area contributed by atoms with Gasteiger partial charge in [-0.25, -0.2) is 9.97 Å². The van der Waals surface area contributed by atoms with Crippen molar-refractivity contribution in [3.05, 3.63) is 36.7 Å². The van der Waals surface area contributed by atoms with Gasteiger partial charge in [-0.05, 0) is 12.8 Å². The molecule has 0 N–H and O–H groups in total. The molecule has 8 heteroatoms. The van der Waals surface area contributed by atoms with Crippen molar-refractivity contribution in [2.75, 3.05) is 6.54 Å². The van der Waals surface area contributed by atoms with Crippen LogP contribution in [0.1, 0.15) is 43.5 Å². The van der Waals surface area contributed by atoms with Crippen molar-refractivity contribution in [1.82, 2.24) is 19.8 Å². The third-order valence-electron chi connectivity index (χ3n) is 5.26. The molecule has 1 atom stereocenters. The molecule has 0 spiro atoms. The first kappa shape index (κ1) is 16.8. The molecule has 0 bridgehead atoms. The Hall–Kier alpha value is -2.64. The van der Waals surface area contributed by atoms with Crippen molar-refractivity contribution >= 4 is 11.8 Å². The van der Waals surface area contributed by atoms with E-state index in [4.69, 9.17) is 8.83 Å². The lowest BCUT2D eigenvalue weighted by atomic mass is 10.1. The van der Waals surface area contributed by atoms with Crippen LogP contribution in [-0.2, 0) is 22.7 Å². The molecule has 1 saturated carbocycles. The zero-order chi connectivity index (χ0) is 17.9. The Balaban J connectivity index is 1.47. The second-order valence-electron chi connectivity index (χ2n) is 7.04. The van der Waals surface area contributed by atoms with E-state index in [0.29, 0.717) is 37.1 Å². The van der Waals surface area contributed by atoms with Gasteiger partial charge in [-0.3, -0.25) is 9.59 Å². The van der Waals surface area contributed by atoms with Crippen molar-refractivity contribution in [1.29, 1.82) is 0 Å². The number of nitrogens with zero attached hydrogens (tertiary/aromatic N) is 4. The molecule has 8 nitrogen and oxygen atoms in total. The first-order valence-corrected chi connectivity index (χ1v) is 9.03. The Morgan fingerprint density at radius 1 is 1.12 bits per heavy atom. The summed E-state index contributed by atoms with van der Waals surface area (Å²) >= 11 is 0. The lowest BCUT2D eigenvalue weighted by Gasteiger charge is -2.26. The molecule has 2 fully saturated rings. The molecule has 26 heavy (non-hydrogen) atoms. The van der Waals surface area contributed by atoms with Crippen LogP contribution in [0, 0.1) is 5.92 Å². The van der Waals surface area contributed by atoms with E-state index in [9.17, 15) is 9.59 Å². The van der Waals surface area contributed by atoms with Gasteiger partial charge in [0.05, 0.1) is 30.4 Å². The average molecular weight is 358 g/mol. The maximum absolute atomic E-state index is 13.1. The second-order valence-corrected chi connectivity index (χ2v) is 7.04. The Bertz CT molecular complexity index is 701. The predicted molar refractivity (Wildman–Crippen MR) is 89.3 cm³/mol. The summed E-state index contributed by atoms with van der Waals surface area (Å²) in [5, 5.41) is 0. The fourth-order valence-corrected chi connectivity index (χ4v) is 3.96. The summed E-state index contributed by atoms with van der Waals surface area (Å²) in [6, 6.07) is 0.305. The molecule has 138 valence electrons. The summed E-state index contributed by atoms with van der Waals surface area (Å²) in [7, 11) is 0. The minimum atomic E-state index is -0.318. The smallest absolute Gasteiger partial charge is 0.228 e. The monoisotopic (exact) mass is 358 g/mol. The zero-order valence-corrected chi connectivity index (χ0v) is 14.5. The standard InChI is InChI=1S/C18H22N4O4/c23-17-5-13(6-22(17)16-3-1-2-4-16)18(24)21(7-14-9-25-11-19-14)8-15-10-26-12-20-15/h9-13,16H,1-8H2/t13-/m1/s1. The van der Waals surface area contributed by atoms with Crippen LogP contribution in [0.5, 0.6) is 0 Å². The van der Waals surface area contributed by atoms with Gasteiger partial charge < -0.3 is 18.6 Å². The molecule has 1 aliphatic heterocycles. The summed E-state index contributed by atoms with van der Waals surface area (Å²) < 4.78 is 10.0. The first-order chi connectivity index (χ1) is 12.7. The number of carbonyl (C=O) groups is 2. The van der Waals surface area contributed by atoms with Gasteiger partial charge in [0.25, 0.3) is 0 Å². The van der Waals surface area contributed by atoms with E-state index >= 15 is 0 Å². The van der Waals surface area contributed by atoms with E-state index in [1.54, 1.807) is 4.90 Å². The van der Waals surface area contributed by atoms with Gasteiger partial charge in [-0.1, -0.05) is 12.8 Å². The highest BCUT2D eigenvalue weighted by Gasteiger charge is 2.40. The summed E-state index contributed by atoms with van der Waals surface area (Å²) in [6.07, 6.45) is 10.4. The van der Waals surface area contributed by atoms with Crippen LogP contribution in [0.4, 0.5) is 0 Å². The molecular formula is C18H22N4O4. The Morgan fingerprint density at radius 3 is 2.27 bits per heavy atom. The highest BCUT2D eigenvalue weighted by molar-refractivity contribution is 5.89. The van der Waals surface area contributed by atoms with Crippen LogP contribution >= 0.6 is 0 Å². The van der Waals surface area contributed by atoms with Gasteiger partial charge in [-0.15, -0.1) is 0 Å².